The van der Waals surface area contributed by atoms with Crippen molar-refractivity contribution in [3.8, 4) is 34.5 Å². The number of aliphatic hydroxyl groups is 1. The van der Waals surface area contributed by atoms with Gasteiger partial charge in [-0.1, -0.05) is 86.2 Å². The van der Waals surface area contributed by atoms with Crippen LogP contribution in [0.25, 0.3) is 0 Å². The Labute approximate surface area is 376 Å². The van der Waals surface area contributed by atoms with Crippen molar-refractivity contribution in [3.63, 3.8) is 0 Å². The predicted molar refractivity (Wildman–Crippen MR) is 228 cm³/mol. The summed E-state index contributed by atoms with van der Waals surface area (Å²) in [4.78, 5) is 43.1. The summed E-state index contributed by atoms with van der Waals surface area (Å²) >= 11 is 17.6. The number of carbonyl (C=O) groups excluding carboxylic acids is 4. The zero-order chi connectivity index (χ0) is 43.2. The van der Waals surface area contributed by atoms with E-state index in [2.05, 4.69) is 0 Å². The number of aldehydes is 3. The molecule has 0 saturated heterocycles. The first-order chi connectivity index (χ1) is 27.0. The van der Waals surface area contributed by atoms with Gasteiger partial charge in [0, 0.05) is 51.1 Å². The van der Waals surface area contributed by atoms with E-state index in [1.165, 1.54) is 6.92 Å². The average molecular weight is 980 g/mol. The van der Waals surface area contributed by atoms with Gasteiger partial charge in [-0.2, -0.15) is 0 Å². The van der Waals surface area contributed by atoms with E-state index in [-0.39, 0.29) is 107 Å². The Bertz CT molecular complexity index is 1820. The number of hydrogen-bond donors (Lipinski definition) is 7. The second kappa shape index (κ2) is 30.5. The molecule has 3 rings (SSSR count). The summed E-state index contributed by atoms with van der Waals surface area (Å²) in [6.07, 6.45) is 13.9. The summed E-state index contributed by atoms with van der Waals surface area (Å²) in [5.41, 5.74) is 2.24. The minimum Gasteiger partial charge on any atom is -0.507 e. The van der Waals surface area contributed by atoms with Gasteiger partial charge in [0.05, 0.1) is 38.4 Å². The second-order valence-electron chi connectivity index (χ2n) is 13.5. The molecule has 12 nitrogen and oxygen atoms in total. The molecule has 3 aromatic rings. The smallest absolute Gasteiger partial charge is 0.302 e. The minimum atomic E-state index is -0.260. The van der Waals surface area contributed by atoms with Crippen LogP contribution >= 0.6 is 34.8 Å². The van der Waals surface area contributed by atoms with Crippen LogP contribution in [0.2, 0.25) is 15.1 Å². The Hall–Kier alpha value is -3.57. The van der Waals surface area contributed by atoms with Crippen LogP contribution in [0, 0.1) is 28.2 Å². The van der Waals surface area contributed by atoms with Crippen molar-refractivity contribution in [1.29, 1.82) is 0 Å². The summed E-state index contributed by atoms with van der Waals surface area (Å²) in [6.45, 7) is 6.83. The number of rotatable bonds is 20. The largest absolute Gasteiger partial charge is 0.507 e. The average Bonchev–Trinajstić information content (AvgIpc) is 3.17. The third-order valence-electron chi connectivity index (χ3n) is 9.36. The third kappa shape index (κ3) is 17.9. The van der Waals surface area contributed by atoms with Crippen molar-refractivity contribution in [2.45, 2.75) is 118 Å². The van der Waals surface area contributed by atoms with Gasteiger partial charge in [-0.15, -0.1) is 0 Å². The Kier molecular flexibility index (Phi) is 29.7. The van der Waals surface area contributed by atoms with Crippen LogP contribution in [0.4, 0.5) is 0 Å². The Morgan fingerprint density at radius 3 is 1.29 bits per heavy atom. The van der Waals surface area contributed by atoms with Crippen LogP contribution in [-0.2, 0) is 42.8 Å². The number of esters is 1. The summed E-state index contributed by atoms with van der Waals surface area (Å²) in [5.74, 6) is -1.34. The maximum absolute atomic E-state index is 11.1. The third-order valence-corrected chi connectivity index (χ3v) is 10.8. The summed E-state index contributed by atoms with van der Waals surface area (Å²) < 4.78 is 4.86. The first-order valence-electron chi connectivity index (χ1n) is 18.8. The molecule has 0 fully saturated rings. The predicted octanol–water partition coefficient (Wildman–Crippen LogP) is 10.4. The molecule has 3 aromatic carbocycles. The minimum absolute atomic E-state index is 0. The number of phenolic OH excluding ortho intramolecular Hbond substituents is 6. The Morgan fingerprint density at radius 2 is 0.915 bits per heavy atom. The van der Waals surface area contributed by atoms with Gasteiger partial charge < -0.3 is 47.9 Å². The van der Waals surface area contributed by atoms with Crippen LogP contribution < -0.4 is 0 Å². The van der Waals surface area contributed by atoms with Crippen molar-refractivity contribution < 1.29 is 80.1 Å². The number of ether oxygens (including phenoxy) is 1. The second-order valence-corrected chi connectivity index (χ2v) is 14.6. The van der Waals surface area contributed by atoms with Crippen LogP contribution in [0.15, 0.2) is 6.07 Å². The van der Waals surface area contributed by atoms with Gasteiger partial charge >= 0.3 is 5.97 Å². The van der Waals surface area contributed by atoms with Crippen molar-refractivity contribution >= 4 is 59.6 Å². The van der Waals surface area contributed by atoms with Gasteiger partial charge in [-0.05, 0) is 76.0 Å². The fourth-order valence-electron chi connectivity index (χ4n) is 5.89. The van der Waals surface area contributed by atoms with Crippen LogP contribution in [0.5, 0.6) is 34.5 Å². The molecule has 0 spiro atoms. The van der Waals surface area contributed by atoms with Gasteiger partial charge in [0.25, 0.3) is 0 Å². The maximum atomic E-state index is 11.1. The van der Waals surface area contributed by atoms with E-state index in [1.54, 1.807) is 20.8 Å². The summed E-state index contributed by atoms with van der Waals surface area (Å²) in [7, 11) is 0. The molecule has 0 aliphatic carbocycles. The van der Waals surface area contributed by atoms with Crippen LogP contribution in [-0.4, -0.2) is 73.8 Å². The van der Waals surface area contributed by atoms with E-state index in [1.807, 2.05) is 0 Å². The van der Waals surface area contributed by atoms with Gasteiger partial charge in [0.1, 0.15) is 34.5 Å². The molecule has 0 aliphatic heterocycles. The van der Waals surface area contributed by atoms with E-state index in [0.717, 1.165) is 83.1 Å². The fourth-order valence-corrected chi connectivity index (χ4v) is 6.48. The molecule has 334 valence electrons. The number of unbranched alkanes of at least 4 members (excludes halogenated alkanes) is 10. The topological polar surface area (TPSA) is 219 Å². The first-order valence-corrected chi connectivity index (χ1v) is 19.9. The molecular weight excluding hydrogens is 921 g/mol. The Morgan fingerprint density at radius 1 is 0.559 bits per heavy atom. The first kappa shape index (κ1) is 57.5. The number of halogens is 3. The molecule has 0 radical (unpaired) electrons. The molecule has 0 aliphatic rings. The van der Waals surface area contributed by atoms with Gasteiger partial charge in [0.2, 0.25) is 0 Å². The zero-order valence-electron chi connectivity index (χ0n) is 34.2. The fraction of sp³-hybridized carbons (Fsp3) is 0.465. The van der Waals surface area contributed by atoms with Gasteiger partial charge in [0.15, 0.2) is 18.9 Å². The van der Waals surface area contributed by atoms with E-state index >= 15 is 0 Å². The molecule has 0 atom stereocenters. The normalized spacial score (nSPS) is 10.2. The number of carbonyl (C=O) groups is 4. The molecule has 0 saturated carbocycles. The van der Waals surface area contributed by atoms with E-state index < -0.39 is 0 Å². The number of benzene rings is 3. The number of phenols is 6. The molecule has 0 heterocycles. The standard InChI is InChI=1S/C18H25ClO5.C16H23ClO4.C8H7ClO3.CH3.Pd/c1-12-15(11-20)17(22)14(18(23)16(12)19)9-7-5-3-4-6-8-10-24-13(2)21;1-11-13(10-19)15(20)12(16(21)14(11)17)8-6-4-2-3-5-7-9-18;1-4-5(3-10)6(11)2-7(12)8(4)9;;/h11,22-23H,3-10H2,1-2H3;10,18,20-21H,2-9H2,1H3;2-3,11-12H,1H3;1H3;/q;;;-1;. The maximum Gasteiger partial charge on any atom is 0.302 e. The van der Waals surface area contributed by atoms with Crippen LogP contribution in [0.1, 0.15) is 143 Å². The van der Waals surface area contributed by atoms with Crippen molar-refractivity contribution in [3.05, 3.63) is 73.1 Å². The monoisotopic (exact) mass is 977 g/mol. The molecule has 16 heteroatoms. The Balaban J connectivity index is 0. The van der Waals surface area contributed by atoms with Crippen molar-refractivity contribution in [2.75, 3.05) is 13.2 Å². The number of hydrogen-bond acceptors (Lipinski definition) is 12. The molecule has 0 bridgehead atoms. The zero-order valence-corrected chi connectivity index (χ0v) is 38.1. The number of aliphatic hydroxyl groups excluding tert-OH is 1. The van der Waals surface area contributed by atoms with E-state index in [0.29, 0.717) is 66.1 Å². The van der Waals surface area contributed by atoms with E-state index in [9.17, 15) is 39.6 Å². The van der Waals surface area contributed by atoms with Crippen molar-refractivity contribution in [2.24, 2.45) is 0 Å². The molecule has 0 unspecified atom stereocenters. The van der Waals surface area contributed by atoms with E-state index in [4.69, 9.17) is 54.9 Å². The number of aromatic hydroxyl groups is 6. The van der Waals surface area contributed by atoms with Crippen LogP contribution in [0.3, 0.4) is 0 Å². The molecule has 7 N–H and O–H groups in total. The van der Waals surface area contributed by atoms with Crippen molar-refractivity contribution in [1.82, 2.24) is 0 Å². The van der Waals surface area contributed by atoms with Gasteiger partial charge in [-0.25, -0.2) is 0 Å². The quantitative estimate of drug-likeness (QED) is 0.0185. The summed E-state index contributed by atoms with van der Waals surface area (Å²) in [5, 5.41) is 67.6. The molecule has 59 heavy (non-hydrogen) atoms. The molecule has 0 amide bonds. The summed E-state index contributed by atoms with van der Waals surface area (Å²) in [6, 6.07) is 1.04. The van der Waals surface area contributed by atoms with Gasteiger partial charge in [-0.3, -0.25) is 19.2 Å². The molecule has 0 aromatic heterocycles. The SMILES string of the molecule is CC(=O)OCCCCCCCCc1c(O)c(Cl)c(C)c(C=O)c1O.Cc1c(Cl)c(O)c(CCCCCCCCO)c(O)c1C=O.Cc1c(Cl)c(O)cc(O)c1C=O.[CH3-].[Pd]. The molecular formula is C43H58Cl3O12Pd-.